The molecule has 1 unspecified atom stereocenters. The van der Waals surface area contributed by atoms with Crippen LogP contribution in [0.4, 0.5) is 0 Å². The Balaban J connectivity index is 1.75. The van der Waals surface area contributed by atoms with Crippen molar-refractivity contribution in [3.8, 4) is 0 Å². The van der Waals surface area contributed by atoms with E-state index in [1.54, 1.807) is 0 Å². The Bertz CT molecular complexity index is 193. The minimum atomic E-state index is -0.271. The highest BCUT2D eigenvalue weighted by molar-refractivity contribution is 4.81. The second-order valence-electron chi connectivity index (χ2n) is 5.81. The minimum Gasteiger partial charge on any atom is -0.378 e. The molecule has 0 aromatic carbocycles. The van der Waals surface area contributed by atoms with Crippen molar-refractivity contribution in [3.05, 3.63) is 0 Å². The standard InChI is InChI=1S/C14H27NO/c1-15-14(16)13-9-7-12(8-10-13)11-5-3-2-4-6-11/h11-16H,2-10H2,1H3. The number of hydrogen-bond donors (Lipinski definition) is 2. The Hall–Kier alpha value is -0.0800. The summed E-state index contributed by atoms with van der Waals surface area (Å²) in [6.45, 7) is 0. The zero-order valence-corrected chi connectivity index (χ0v) is 10.6. The van der Waals surface area contributed by atoms with Gasteiger partial charge in [-0.05, 0) is 50.5 Å². The van der Waals surface area contributed by atoms with Crippen LogP contribution in [0.5, 0.6) is 0 Å². The summed E-state index contributed by atoms with van der Waals surface area (Å²) < 4.78 is 0. The van der Waals surface area contributed by atoms with Crippen LogP contribution in [0.2, 0.25) is 0 Å². The second-order valence-corrected chi connectivity index (χ2v) is 5.81. The molecule has 2 aliphatic rings. The summed E-state index contributed by atoms with van der Waals surface area (Å²) in [7, 11) is 1.86. The number of hydrogen-bond acceptors (Lipinski definition) is 2. The molecule has 0 heterocycles. The lowest BCUT2D eigenvalue weighted by Crippen LogP contribution is -2.36. The molecule has 0 bridgehead atoms. The summed E-state index contributed by atoms with van der Waals surface area (Å²) in [5.74, 6) is 2.49. The number of aliphatic hydroxyl groups is 1. The molecule has 2 aliphatic carbocycles. The van der Waals surface area contributed by atoms with Crippen molar-refractivity contribution < 1.29 is 5.11 Å². The average Bonchev–Trinajstić information content (AvgIpc) is 2.39. The van der Waals surface area contributed by atoms with Crippen molar-refractivity contribution in [1.29, 1.82) is 0 Å². The lowest BCUT2D eigenvalue weighted by Gasteiger charge is -2.37. The summed E-state index contributed by atoms with van der Waals surface area (Å²) in [6, 6.07) is 0. The van der Waals surface area contributed by atoms with Crippen LogP contribution in [0, 0.1) is 17.8 Å². The zero-order valence-electron chi connectivity index (χ0n) is 10.6. The van der Waals surface area contributed by atoms with Gasteiger partial charge in [-0.1, -0.05) is 32.1 Å². The first-order valence-corrected chi connectivity index (χ1v) is 7.16. The van der Waals surface area contributed by atoms with Gasteiger partial charge in [-0.15, -0.1) is 0 Å². The molecule has 0 aromatic rings. The molecule has 2 saturated carbocycles. The van der Waals surface area contributed by atoms with E-state index in [2.05, 4.69) is 5.32 Å². The highest BCUT2D eigenvalue weighted by Gasteiger charge is 2.30. The van der Waals surface area contributed by atoms with E-state index in [4.69, 9.17) is 0 Å². The first kappa shape index (κ1) is 12.4. The van der Waals surface area contributed by atoms with Crippen molar-refractivity contribution in [2.75, 3.05) is 7.05 Å². The largest absolute Gasteiger partial charge is 0.378 e. The molecule has 2 nitrogen and oxygen atoms in total. The van der Waals surface area contributed by atoms with Gasteiger partial charge in [0, 0.05) is 0 Å². The molecule has 0 saturated heterocycles. The van der Waals surface area contributed by atoms with Crippen LogP contribution in [0.3, 0.4) is 0 Å². The Morgan fingerprint density at radius 1 is 0.875 bits per heavy atom. The van der Waals surface area contributed by atoms with Gasteiger partial charge in [-0.3, -0.25) is 5.32 Å². The van der Waals surface area contributed by atoms with E-state index in [0.717, 1.165) is 11.8 Å². The van der Waals surface area contributed by atoms with E-state index >= 15 is 0 Å². The summed E-state index contributed by atoms with van der Waals surface area (Å²) in [5.41, 5.74) is 0. The van der Waals surface area contributed by atoms with Gasteiger partial charge in [0.15, 0.2) is 0 Å². The first-order chi connectivity index (χ1) is 7.81. The number of aliphatic hydroxyl groups excluding tert-OH is 1. The van der Waals surface area contributed by atoms with Gasteiger partial charge in [-0.2, -0.15) is 0 Å². The molecule has 16 heavy (non-hydrogen) atoms. The Morgan fingerprint density at radius 3 is 2.00 bits per heavy atom. The Kier molecular flexibility index (Phi) is 4.66. The monoisotopic (exact) mass is 225 g/mol. The summed E-state index contributed by atoms with van der Waals surface area (Å²) in [5, 5.41) is 12.8. The fraction of sp³-hybridized carbons (Fsp3) is 1.00. The van der Waals surface area contributed by atoms with Crippen molar-refractivity contribution in [1.82, 2.24) is 5.32 Å². The van der Waals surface area contributed by atoms with Gasteiger partial charge in [0.05, 0.1) is 0 Å². The van der Waals surface area contributed by atoms with Gasteiger partial charge in [-0.25, -0.2) is 0 Å². The van der Waals surface area contributed by atoms with Gasteiger partial charge >= 0.3 is 0 Å². The Labute approximate surface area is 99.8 Å². The molecular weight excluding hydrogens is 198 g/mol. The van der Waals surface area contributed by atoms with E-state index in [0.29, 0.717) is 5.92 Å². The fourth-order valence-corrected chi connectivity index (χ4v) is 3.77. The van der Waals surface area contributed by atoms with Crippen LogP contribution in [-0.4, -0.2) is 18.4 Å². The molecule has 0 radical (unpaired) electrons. The maximum Gasteiger partial charge on any atom is 0.107 e. The molecule has 0 amide bonds. The third-order valence-corrected chi connectivity index (χ3v) is 4.88. The summed E-state index contributed by atoms with van der Waals surface area (Å²) >= 11 is 0. The number of rotatable bonds is 3. The SMILES string of the molecule is CNC(O)C1CCC(C2CCCCC2)CC1. The van der Waals surface area contributed by atoms with Crippen molar-refractivity contribution >= 4 is 0 Å². The second kappa shape index (κ2) is 6.02. The molecule has 2 fully saturated rings. The number of nitrogens with one attached hydrogen (secondary N) is 1. The van der Waals surface area contributed by atoms with Crippen LogP contribution >= 0.6 is 0 Å². The zero-order chi connectivity index (χ0) is 11.4. The minimum absolute atomic E-state index is 0.271. The normalized spacial score (nSPS) is 34.9. The maximum atomic E-state index is 9.77. The van der Waals surface area contributed by atoms with E-state index in [1.165, 1.54) is 57.8 Å². The van der Waals surface area contributed by atoms with Crippen LogP contribution < -0.4 is 5.32 Å². The molecule has 0 spiro atoms. The summed E-state index contributed by atoms with van der Waals surface area (Å²) in [4.78, 5) is 0. The molecule has 0 aromatic heterocycles. The molecule has 2 rings (SSSR count). The molecule has 1 atom stereocenters. The van der Waals surface area contributed by atoms with Gasteiger partial charge in [0.25, 0.3) is 0 Å². The van der Waals surface area contributed by atoms with Gasteiger partial charge < -0.3 is 5.11 Å². The molecule has 2 N–H and O–H groups in total. The van der Waals surface area contributed by atoms with Crippen molar-refractivity contribution in [2.24, 2.45) is 17.8 Å². The third-order valence-electron chi connectivity index (χ3n) is 4.88. The summed E-state index contributed by atoms with van der Waals surface area (Å²) in [6.07, 6.45) is 12.2. The van der Waals surface area contributed by atoms with Crippen LogP contribution in [0.1, 0.15) is 57.8 Å². The predicted molar refractivity (Wildman–Crippen MR) is 67.1 cm³/mol. The highest BCUT2D eigenvalue weighted by atomic mass is 16.3. The lowest BCUT2D eigenvalue weighted by molar-refractivity contribution is 0.0420. The first-order valence-electron chi connectivity index (χ1n) is 7.16. The van der Waals surface area contributed by atoms with E-state index < -0.39 is 0 Å². The van der Waals surface area contributed by atoms with Gasteiger partial charge in [0.2, 0.25) is 0 Å². The van der Waals surface area contributed by atoms with E-state index in [1.807, 2.05) is 7.05 Å². The third kappa shape index (κ3) is 2.98. The highest BCUT2D eigenvalue weighted by Crippen LogP contribution is 2.40. The van der Waals surface area contributed by atoms with Crippen LogP contribution in [0.25, 0.3) is 0 Å². The predicted octanol–water partition coefficient (Wildman–Crippen LogP) is 2.91. The molecular formula is C14H27NO. The smallest absolute Gasteiger partial charge is 0.107 e. The molecule has 0 aliphatic heterocycles. The quantitative estimate of drug-likeness (QED) is 0.724. The lowest BCUT2D eigenvalue weighted by atomic mass is 9.71. The Morgan fingerprint density at radius 2 is 1.44 bits per heavy atom. The van der Waals surface area contributed by atoms with Crippen molar-refractivity contribution in [2.45, 2.75) is 64.0 Å². The van der Waals surface area contributed by atoms with Crippen molar-refractivity contribution in [3.63, 3.8) is 0 Å². The van der Waals surface area contributed by atoms with Gasteiger partial charge in [0.1, 0.15) is 6.23 Å². The topological polar surface area (TPSA) is 32.3 Å². The maximum absolute atomic E-state index is 9.77. The molecule has 2 heteroatoms. The molecule has 94 valence electrons. The fourth-order valence-electron chi connectivity index (χ4n) is 3.77. The van der Waals surface area contributed by atoms with E-state index in [9.17, 15) is 5.11 Å². The average molecular weight is 225 g/mol. The van der Waals surface area contributed by atoms with Crippen LogP contribution in [0.15, 0.2) is 0 Å². The van der Waals surface area contributed by atoms with E-state index in [-0.39, 0.29) is 6.23 Å². The van der Waals surface area contributed by atoms with Crippen LogP contribution in [-0.2, 0) is 0 Å².